The third-order valence-corrected chi connectivity index (χ3v) is 3.26. The zero-order valence-electron chi connectivity index (χ0n) is 12.1. The van der Waals surface area contributed by atoms with E-state index in [1.54, 1.807) is 0 Å². The van der Waals surface area contributed by atoms with Crippen LogP contribution in [0.5, 0.6) is 0 Å². The second-order valence-electron chi connectivity index (χ2n) is 6.84. The van der Waals surface area contributed by atoms with E-state index in [4.69, 9.17) is 5.21 Å². The van der Waals surface area contributed by atoms with Crippen molar-refractivity contribution in [1.82, 2.24) is 0 Å². The summed E-state index contributed by atoms with van der Waals surface area (Å²) >= 11 is 0. The molecule has 0 spiro atoms. The predicted molar refractivity (Wildman–Crippen MR) is 73.9 cm³/mol. The van der Waals surface area contributed by atoms with Crippen molar-refractivity contribution < 1.29 is 10.0 Å². The van der Waals surface area contributed by atoms with E-state index in [1.165, 1.54) is 0 Å². The molecule has 0 aromatic heterocycles. The fourth-order valence-electron chi connectivity index (χ4n) is 2.28. The Morgan fingerprint density at radius 2 is 1.44 bits per heavy atom. The van der Waals surface area contributed by atoms with Gasteiger partial charge in [0.25, 0.3) is 0 Å². The maximum absolute atomic E-state index is 11.5. The fourth-order valence-corrected chi connectivity index (χ4v) is 2.28. The highest BCUT2D eigenvalue weighted by atomic mass is 16.4. The van der Waals surface area contributed by atoms with Gasteiger partial charge < -0.3 is 10.0 Å². The number of nitrogens with zero attached hydrogens (tertiary/aromatic N) is 1. The van der Waals surface area contributed by atoms with Crippen LogP contribution in [0.15, 0.2) is 28.5 Å². The number of aldehydes is 1. The van der Waals surface area contributed by atoms with E-state index in [-0.39, 0.29) is 16.7 Å². The van der Waals surface area contributed by atoms with Crippen LogP contribution in [0, 0.1) is 16.7 Å². The summed E-state index contributed by atoms with van der Waals surface area (Å²) in [5.41, 5.74) is 2.25. The van der Waals surface area contributed by atoms with Gasteiger partial charge in [-0.1, -0.05) is 46.7 Å². The lowest BCUT2D eigenvalue weighted by atomic mass is 9.67. The monoisotopic (exact) mass is 249 g/mol. The molecule has 0 bridgehead atoms. The largest absolute Gasteiger partial charge is 0.410 e. The van der Waals surface area contributed by atoms with Crippen LogP contribution in [-0.4, -0.2) is 17.2 Å². The van der Waals surface area contributed by atoms with Crippen molar-refractivity contribution in [1.29, 1.82) is 0 Å². The Hall–Kier alpha value is -1.38. The summed E-state index contributed by atoms with van der Waals surface area (Å²) < 4.78 is 0. The van der Waals surface area contributed by atoms with Crippen LogP contribution in [0.2, 0.25) is 0 Å². The van der Waals surface area contributed by atoms with E-state index >= 15 is 0 Å². The van der Waals surface area contributed by atoms with E-state index in [0.29, 0.717) is 5.71 Å². The van der Waals surface area contributed by atoms with E-state index in [9.17, 15) is 4.79 Å². The van der Waals surface area contributed by atoms with Crippen molar-refractivity contribution in [2.45, 2.75) is 41.5 Å². The average molecular weight is 249 g/mol. The third kappa shape index (κ3) is 2.89. The van der Waals surface area contributed by atoms with E-state index in [2.05, 4.69) is 46.7 Å². The zero-order valence-corrected chi connectivity index (χ0v) is 12.1. The molecule has 0 radical (unpaired) electrons. The first-order valence-electron chi connectivity index (χ1n) is 6.22. The molecule has 18 heavy (non-hydrogen) atoms. The van der Waals surface area contributed by atoms with Gasteiger partial charge in [0, 0.05) is 0 Å². The number of oxime groups is 1. The lowest BCUT2D eigenvalue weighted by molar-refractivity contribution is -0.109. The summed E-state index contributed by atoms with van der Waals surface area (Å²) in [7, 11) is 0. The predicted octanol–water partition coefficient (Wildman–Crippen LogP) is 3.59. The van der Waals surface area contributed by atoms with Gasteiger partial charge in [-0.2, -0.15) is 0 Å². The molecule has 1 aliphatic rings. The van der Waals surface area contributed by atoms with E-state index in [1.807, 2.05) is 12.2 Å². The normalized spacial score (nSPS) is 21.2. The molecule has 3 heteroatoms. The summed E-state index contributed by atoms with van der Waals surface area (Å²) in [6, 6.07) is 0. The first-order valence-corrected chi connectivity index (χ1v) is 6.22. The van der Waals surface area contributed by atoms with Gasteiger partial charge in [-0.15, -0.1) is 0 Å². The maximum Gasteiger partial charge on any atom is 0.131 e. The van der Waals surface area contributed by atoms with Crippen molar-refractivity contribution in [2.24, 2.45) is 21.9 Å². The van der Waals surface area contributed by atoms with Gasteiger partial charge in [-0.05, 0) is 34.1 Å². The molecule has 1 N–H and O–H groups in total. The molecule has 0 saturated carbocycles. The number of carbonyl (C=O) groups excluding carboxylic acids is 1. The number of hydrogen-bond donors (Lipinski definition) is 1. The van der Waals surface area contributed by atoms with Gasteiger partial charge in [0.05, 0.1) is 5.92 Å². The Morgan fingerprint density at radius 3 is 1.67 bits per heavy atom. The molecular formula is C15H23NO2. The molecule has 0 saturated heterocycles. The first kappa shape index (κ1) is 14.7. The SMILES string of the molecule is CC(C)(C)C1=CC(=NO)C=C(C(C)(C)C)C1C=O. The average Bonchev–Trinajstić information content (AvgIpc) is 2.24. The summed E-state index contributed by atoms with van der Waals surface area (Å²) in [4.78, 5) is 11.5. The lowest BCUT2D eigenvalue weighted by Gasteiger charge is -2.36. The van der Waals surface area contributed by atoms with Crippen LogP contribution in [0.3, 0.4) is 0 Å². The van der Waals surface area contributed by atoms with Crippen LogP contribution in [0.1, 0.15) is 41.5 Å². The van der Waals surface area contributed by atoms with Crippen LogP contribution in [0.4, 0.5) is 0 Å². The summed E-state index contributed by atoms with van der Waals surface area (Å²) in [5, 5.41) is 12.3. The topological polar surface area (TPSA) is 49.7 Å². The van der Waals surface area contributed by atoms with Gasteiger partial charge >= 0.3 is 0 Å². The highest BCUT2D eigenvalue weighted by Gasteiger charge is 2.35. The molecule has 0 heterocycles. The molecule has 1 aliphatic carbocycles. The molecule has 100 valence electrons. The number of allylic oxidation sites excluding steroid dienone is 4. The van der Waals surface area contributed by atoms with Gasteiger partial charge in [-0.3, -0.25) is 0 Å². The minimum atomic E-state index is -0.226. The minimum absolute atomic E-state index is 0.133. The Bertz CT molecular complexity index is 394. The maximum atomic E-state index is 11.5. The van der Waals surface area contributed by atoms with Gasteiger partial charge in [0.15, 0.2) is 0 Å². The molecule has 0 fully saturated rings. The Kier molecular flexibility index (Phi) is 3.84. The summed E-state index contributed by atoms with van der Waals surface area (Å²) in [5.74, 6) is -0.226. The molecule has 0 aromatic rings. The first-order chi connectivity index (χ1) is 8.11. The van der Waals surface area contributed by atoms with Crippen LogP contribution < -0.4 is 0 Å². The second kappa shape index (κ2) is 4.71. The second-order valence-corrected chi connectivity index (χ2v) is 6.84. The smallest absolute Gasteiger partial charge is 0.131 e. The molecule has 0 aliphatic heterocycles. The molecule has 0 unspecified atom stereocenters. The van der Waals surface area contributed by atoms with Crippen molar-refractivity contribution in [3.8, 4) is 0 Å². The molecular weight excluding hydrogens is 226 g/mol. The summed E-state index contributed by atoms with van der Waals surface area (Å²) in [6.07, 6.45) is 4.62. The standard InChI is InChI=1S/C15H23NO2/c1-14(2,3)12-7-10(16-18)8-13(11(12)9-17)15(4,5)6/h7-9,11,18H,1-6H3. The molecule has 3 nitrogen and oxygen atoms in total. The van der Waals surface area contributed by atoms with Crippen molar-refractivity contribution in [2.75, 3.05) is 0 Å². The van der Waals surface area contributed by atoms with E-state index < -0.39 is 0 Å². The highest BCUT2D eigenvalue weighted by molar-refractivity contribution is 6.07. The van der Waals surface area contributed by atoms with Gasteiger partial charge in [0.2, 0.25) is 0 Å². The molecule has 0 atom stereocenters. The quantitative estimate of drug-likeness (QED) is 0.438. The van der Waals surface area contributed by atoms with Crippen molar-refractivity contribution in [3.63, 3.8) is 0 Å². The number of hydrogen-bond acceptors (Lipinski definition) is 3. The lowest BCUT2D eigenvalue weighted by Crippen LogP contribution is -2.30. The molecule has 1 rings (SSSR count). The van der Waals surface area contributed by atoms with E-state index in [0.717, 1.165) is 17.4 Å². The fraction of sp³-hybridized carbons (Fsp3) is 0.600. The van der Waals surface area contributed by atoms with Crippen LogP contribution in [0.25, 0.3) is 0 Å². The zero-order chi connectivity index (χ0) is 14.1. The van der Waals surface area contributed by atoms with Crippen molar-refractivity contribution in [3.05, 3.63) is 23.3 Å². The minimum Gasteiger partial charge on any atom is -0.410 e. The number of rotatable bonds is 1. The van der Waals surface area contributed by atoms with Crippen LogP contribution in [-0.2, 0) is 4.79 Å². The molecule has 0 amide bonds. The third-order valence-electron chi connectivity index (χ3n) is 3.26. The number of carbonyl (C=O) groups is 1. The Morgan fingerprint density at radius 1 is 1.06 bits per heavy atom. The van der Waals surface area contributed by atoms with Crippen molar-refractivity contribution >= 4 is 12.0 Å². The van der Waals surface area contributed by atoms with Crippen LogP contribution >= 0.6 is 0 Å². The highest BCUT2D eigenvalue weighted by Crippen LogP contribution is 2.42. The summed E-state index contributed by atoms with van der Waals surface area (Å²) in [6.45, 7) is 12.4. The van der Waals surface area contributed by atoms with Gasteiger partial charge in [0.1, 0.15) is 12.0 Å². The van der Waals surface area contributed by atoms with Gasteiger partial charge in [-0.25, -0.2) is 0 Å². The molecule has 0 aromatic carbocycles. The Labute approximate surface area is 109 Å². The Balaban J connectivity index is 3.40.